The number of carbonyl (C=O) groups is 3. The third-order valence-corrected chi connectivity index (χ3v) is 3.92. The van der Waals surface area contributed by atoms with Crippen LogP contribution >= 0.6 is 0 Å². The Balaban J connectivity index is 1.76. The van der Waals surface area contributed by atoms with Crippen molar-refractivity contribution in [1.82, 2.24) is 19.7 Å². The fourth-order valence-electron chi connectivity index (χ4n) is 2.81. The molecule has 0 bridgehead atoms. The maximum absolute atomic E-state index is 12.4. The Morgan fingerprint density at radius 1 is 1.41 bits per heavy atom. The van der Waals surface area contributed by atoms with E-state index in [1.54, 1.807) is 23.2 Å². The summed E-state index contributed by atoms with van der Waals surface area (Å²) >= 11 is 0. The van der Waals surface area contributed by atoms with Gasteiger partial charge in [-0.2, -0.15) is 0 Å². The van der Waals surface area contributed by atoms with Gasteiger partial charge in [0, 0.05) is 32.0 Å². The van der Waals surface area contributed by atoms with Gasteiger partial charge < -0.3 is 9.80 Å². The summed E-state index contributed by atoms with van der Waals surface area (Å²) in [5.74, 6) is -0.441. The predicted octanol–water partition coefficient (Wildman–Crippen LogP) is 0.356. The lowest BCUT2D eigenvalue weighted by Gasteiger charge is -2.35. The number of aromatic nitrogens is 1. The maximum Gasteiger partial charge on any atom is 0.327 e. The Bertz CT molecular complexity index is 631. The number of imide groups is 1. The summed E-state index contributed by atoms with van der Waals surface area (Å²) in [6.07, 6.45) is 4.62. The zero-order valence-electron chi connectivity index (χ0n) is 12.0. The molecule has 0 saturated carbocycles. The average molecular weight is 300 g/mol. The first-order valence-corrected chi connectivity index (χ1v) is 7.05. The lowest BCUT2D eigenvalue weighted by molar-refractivity contribution is -0.128. The lowest BCUT2D eigenvalue weighted by atomic mass is 10.1. The van der Waals surface area contributed by atoms with Crippen LogP contribution in [-0.2, 0) is 4.79 Å². The van der Waals surface area contributed by atoms with Crippen molar-refractivity contribution in [2.24, 2.45) is 0 Å². The van der Waals surface area contributed by atoms with E-state index in [1.807, 2.05) is 0 Å². The number of urea groups is 1. The smallest absolute Gasteiger partial charge is 0.327 e. The van der Waals surface area contributed by atoms with E-state index in [1.165, 1.54) is 22.1 Å². The van der Waals surface area contributed by atoms with E-state index in [2.05, 4.69) is 11.6 Å². The van der Waals surface area contributed by atoms with Crippen molar-refractivity contribution >= 4 is 17.8 Å². The number of rotatable bonds is 3. The van der Waals surface area contributed by atoms with Crippen LogP contribution in [0.3, 0.4) is 0 Å². The third kappa shape index (κ3) is 2.24. The van der Waals surface area contributed by atoms with Gasteiger partial charge in [0.15, 0.2) is 0 Å². The summed E-state index contributed by atoms with van der Waals surface area (Å²) in [6.45, 7) is 4.73. The second-order valence-electron chi connectivity index (χ2n) is 5.22. The number of amides is 4. The maximum atomic E-state index is 12.4. The van der Waals surface area contributed by atoms with Crippen LogP contribution in [0.2, 0.25) is 0 Å². The van der Waals surface area contributed by atoms with Crippen LogP contribution in [0.1, 0.15) is 10.4 Å². The fraction of sp³-hybridized carbons (Fsp3) is 0.333. The molecule has 3 heterocycles. The third-order valence-electron chi connectivity index (χ3n) is 3.92. The highest BCUT2D eigenvalue weighted by Crippen LogP contribution is 2.22. The topological polar surface area (TPSA) is 73.8 Å². The molecule has 1 aromatic rings. The summed E-state index contributed by atoms with van der Waals surface area (Å²) in [4.78, 5) is 45.1. The summed E-state index contributed by atoms with van der Waals surface area (Å²) in [7, 11) is 0. The molecule has 1 aromatic heterocycles. The van der Waals surface area contributed by atoms with Crippen molar-refractivity contribution in [3.8, 4) is 0 Å². The minimum atomic E-state index is -0.596. The Morgan fingerprint density at radius 2 is 2.23 bits per heavy atom. The Hall–Kier alpha value is -2.70. The van der Waals surface area contributed by atoms with Gasteiger partial charge in [-0.05, 0) is 12.1 Å². The molecular formula is C15H16N4O3. The molecule has 2 fully saturated rings. The van der Waals surface area contributed by atoms with Gasteiger partial charge in [-0.3, -0.25) is 19.5 Å². The van der Waals surface area contributed by atoms with Crippen molar-refractivity contribution < 1.29 is 14.4 Å². The SMILES string of the molecule is C=CCN1C(=O)[C@H]2CN(C(=O)c3cccnc3)CCN2C1=O. The standard InChI is InChI=1S/C15H16N4O3/c1-2-6-19-14(21)12-10-17(7-8-18(12)15(19)22)13(20)11-4-3-5-16-9-11/h2-5,9,12H,1,6-8,10H2/t12-/m1/s1. The minimum Gasteiger partial charge on any atom is -0.334 e. The number of carbonyl (C=O) groups excluding carboxylic acids is 3. The lowest BCUT2D eigenvalue weighted by Crippen LogP contribution is -2.54. The first-order chi connectivity index (χ1) is 10.6. The molecule has 7 heteroatoms. The second kappa shape index (κ2) is 5.59. The van der Waals surface area contributed by atoms with Crippen LogP contribution in [-0.4, -0.2) is 69.8 Å². The normalized spacial score (nSPS) is 21.1. The van der Waals surface area contributed by atoms with Crippen LogP contribution in [0.15, 0.2) is 37.2 Å². The molecule has 2 aliphatic heterocycles. The zero-order valence-corrected chi connectivity index (χ0v) is 12.0. The Labute approximate surface area is 127 Å². The van der Waals surface area contributed by atoms with Gasteiger partial charge in [-0.1, -0.05) is 6.08 Å². The van der Waals surface area contributed by atoms with Crippen molar-refractivity contribution in [3.63, 3.8) is 0 Å². The molecule has 0 radical (unpaired) electrons. The van der Waals surface area contributed by atoms with E-state index >= 15 is 0 Å². The number of hydrogen-bond donors (Lipinski definition) is 0. The van der Waals surface area contributed by atoms with Crippen LogP contribution in [0.5, 0.6) is 0 Å². The van der Waals surface area contributed by atoms with Crippen molar-refractivity contribution in [1.29, 1.82) is 0 Å². The van der Waals surface area contributed by atoms with Crippen molar-refractivity contribution in [2.45, 2.75) is 6.04 Å². The molecule has 2 saturated heterocycles. The zero-order chi connectivity index (χ0) is 15.7. The monoisotopic (exact) mass is 300 g/mol. The van der Waals surface area contributed by atoms with E-state index in [0.717, 1.165) is 0 Å². The highest BCUT2D eigenvalue weighted by atomic mass is 16.2. The summed E-state index contributed by atoms with van der Waals surface area (Å²) < 4.78 is 0. The largest absolute Gasteiger partial charge is 0.334 e. The summed E-state index contributed by atoms with van der Waals surface area (Å²) in [6, 6.07) is 2.48. The first kappa shape index (κ1) is 14.2. The van der Waals surface area contributed by atoms with E-state index in [-0.39, 0.29) is 30.9 Å². The van der Waals surface area contributed by atoms with Crippen LogP contribution in [0.4, 0.5) is 4.79 Å². The van der Waals surface area contributed by atoms with E-state index in [0.29, 0.717) is 18.7 Å². The number of hydrogen-bond acceptors (Lipinski definition) is 4. The van der Waals surface area contributed by atoms with Crippen molar-refractivity contribution in [2.75, 3.05) is 26.2 Å². The second-order valence-corrected chi connectivity index (χ2v) is 5.22. The molecule has 0 unspecified atom stereocenters. The highest BCUT2D eigenvalue weighted by Gasteiger charge is 2.47. The fourth-order valence-corrected chi connectivity index (χ4v) is 2.81. The van der Waals surface area contributed by atoms with Gasteiger partial charge in [0.2, 0.25) is 0 Å². The van der Waals surface area contributed by atoms with Crippen LogP contribution < -0.4 is 0 Å². The van der Waals surface area contributed by atoms with Crippen molar-refractivity contribution in [3.05, 3.63) is 42.7 Å². The summed E-state index contributed by atoms with van der Waals surface area (Å²) in [5.41, 5.74) is 0.482. The molecule has 0 aliphatic carbocycles. The molecule has 0 N–H and O–H groups in total. The van der Waals surface area contributed by atoms with E-state index in [9.17, 15) is 14.4 Å². The van der Waals surface area contributed by atoms with Gasteiger partial charge in [0.05, 0.1) is 12.1 Å². The molecule has 7 nitrogen and oxygen atoms in total. The van der Waals surface area contributed by atoms with E-state index < -0.39 is 6.04 Å². The highest BCUT2D eigenvalue weighted by molar-refractivity contribution is 6.05. The molecule has 4 amide bonds. The van der Waals surface area contributed by atoms with Gasteiger partial charge in [0.1, 0.15) is 6.04 Å². The van der Waals surface area contributed by atoms with Gasteiger partial charge >= 0.3 is 6.03 Å². The Morgan fingerprint density at radius 3 is 2.91 bits per heavy atom. The van der Waals surface area contributed by atoms with E-state index in [4.69, 9.17) is 0 Å². The van der Waals surface area contributed by atoms with Crippen LogP contribution in [0, 0.1) is 0 Å². The number of fused-ring (bicyclic) bond motifs is 1. The number of piperazine rings is 1. The molecule has 22 heavy (non-hydrogen) atoms. The summed E-state index contributed by atoms with van der Waals surface area (Å²) in [5, 5.41) is 0. The van der Waals surface area contributed by atoms with Gasteiger partial charge in [-0.15, -0.1) is 6.58 Å². The molecule has 2 aliphatic rings. The number of pyridine rings is 1. The quantitative estimate of drug-likeness (QED) is 0.596. The Kier molecular flexibility index (Phi) is 3.62. The van der Waals surface area contributed by atoms with Gasteiger partial charge in [-0.25, -0.2) is 4.79 Å². The predicted molar refractivity (Wildman–Crippen MR) is 77.9 cm³/mol. The molecular weight excluding hydrogens is 284 g/mol. The molecule has 0 aromatic carbocycles. The van der Waals surface area contributed by atoms with Gasteiger partial charge in [0.25, 0.3) is 11.8 Å². The minimum absolute atomic E-state index is 0.171. The average Bonchev–Trinajstić information content (AvgIpc) is 2.80. The molecule has 114 valence electrons. The number of nitrogens with zero attached hydrogens (tertiary/aromatic N) is 4. The van der Waals surface area contributed by atoms with Crippen LogP contribution in [0.25, 0.3) is 0 Å². The molecule has 0 spiro atoms. The molecule has 1 atom stereocenters. The molecule has 3 rings (SSSR count). The first-order valence-electron chi connectivity index (χ1n) is 7.05.